The van der Waals surface area contributed by atoms with Gasteiger partial charge in [0.15, 0.2) is 0 Å². The number of rotatable bonds is 8. The van der Waals surface area contributed by atoms with Crippen LogP contribution < -0.4 is 5.32 Å². The predicted octanol–water partition coefficient (Wildman–Crippen LogP) is 3.78. The first-order valence-corrected chi connectivity index (χ1v) is 8.28. The molecule has 1 heterocycles. The largest absolute Gasteiger partial charge is 0.465 e. The predicted molar refractivity (Wildman–Crippen MR) is 85.2 cm³/mol. The molecule has 1 N–H and O–H groups in total. The number of hydrogen-bond acceptors (Lipinski definition) is 3. The van der Waals surface area contributed by atoms with Crippen molar-refractivity contribution < 1.29 is 9.53 Å². The fraction of sp³-hybridized carbons (Fsp3) is 0.611. The summed E-state index contributed by atoms with van der Waals surface area (Å²) in [6.45, 7) is 4.31. The van der Waals surface area contributed by atoms with Crippen molar-refractivity contribution in [2.45, 2.75) is 57.9 Å². The van der Waals surface area contributed by atoms with E-state index in [2.05, 4.69) is 18.3 Å². The number of unbranched alkanes of at least 4 members (excludes halogenated alkanes) is 5. The van der Waals surface area contributed by atoms with E-state index < -0.39 is 0 Å². The molecule has 1 aromatic carbocycles. The molecule has 0 radical (unpaired) electrons. The molecule has 2 rings (SSSR count). The summed E-state index contributed by atoms with van der Waals surface area (Å²) in [5.41, 5.74) is 2.34. The molecular formula is C18H27NO2. The van der Waals surface area contributed by atoms with Gasteiger partial charge in [-0.3, -0.25) is 4.79 Å². The van der Waals surface area contributed by atoms with Crippen LogP contribution in [0.15, 0.2) is 24.3 Å². The summed E-state index contributed by atoms with van der Waals surface area (Å²) in [5.74, 6) is -0.224. The lowest BCUT2D eigenvalue weighted by molar-refractivity contribution is -0.145. The second kappa shape index (κ2) is 8.83. The summed E-state index contributed by atoms with van der Waals surface area (Å²) < 4.78 is 5.47. The van der Waals surface area contributed by atoms with Gasteiger partial charge in [-0.15, -0.1) is 0 Å². The Kier molecular flexibility index (Phi) is 6.74. The molecule has 1 atom stereocenters. The van der Waals surface area contributed by atoms with Gasteiger partial charge < -0.3 is 10.1 Å². The Hall–Kier alpha value is -1.35. The number of ether oxygens (including phenoxy) is 1. The summed E-state index contributed by atoms with van der Waals surface area (Å²) in [6.07, 6.45) is 7.26. The van der Waals surface area contributed by atoms with Crippen molar-refractivity contribution in [3.8, 4) is 0 Å². The van der Waals surface area contributed by atoms with E-state index in [0.29, 0.717) is 13.2 Å². The molecule has 1 unspecified atom stereocenters. The van der Waals surface area contributed by atoms with Gasteiger partial charge in [0, 0.05) is 13.1 Å². The van der Waals surface area contributed by atoms with Crippen molar-refractivity contribution in [1.82, 2.24) is 5.32 Å². The van der Waals surface area contributed by atoms with Gasteiger partial charge in [-0.1, -0.05) is 63.3 Å². The molecule has 0 aromatic heterocycles. The Morgan fingerprint density at radius 3 is 2.81 bits per heavy atom. The summed E-state index contributed by atoms with van der Waals surface area (Å²) in [7, 11) is 0. The Labute approximate surface area is 128 Å². The van der Waals surface area contributed by atoms with Crippen LogP contribution >= 0.6 is 0 Å². The third kappa shape index (κ3) is 4.85. The van der Waals surface area contributed by atoms with Crippen LogP contribution in [0.3, 0.4) is 0 Å². The Morgan fingerprint density at radius 2 is 1.95 bits per heavy atom. The highest BCUT2D eigenvalue weighted by Gasteiger charge is 2.27. The minimum atomic E-state index is -0.143. The molecule has 0 saturated carbocycles. The average Bonchev–Trinajstić information content (AvgIpc) is 2.53. The van der Waals surface area contributed by atoms with Gasteiger partial charge in [-0.2, -0.15) is 0 Å². The maximum Gasteiger partial charge on any atom is 0.314 e. The second-order valence-electron chi connectivity index (χ2n) is 5.82. The molecule has 0 amide bonds. The van der Waals surface area contributed by atoms with E-state index in [9.17, 15) is 4.79 Å². The molecular weight excluding hydrogens is 262 g/mol. The van der Waals surface area contributed by atoms with Crippen LogP contribution in [-0.4, -0.2) is 19.1 Å². The topological polar surface area (TPSA) is 38.3 Å². The zero-order valence-electron chi connectivity index (χ0n) is 13.1. The molecule has 0 fully saturated rings. The molecule has 116 valence electrons. The molecule has 0 spiro atoms. The van der Waals surface area contributed by atoms with Gasteiger partial charge in [0.2, 0.25) is 0 Å². The summed E-state index contributed by atoms with van der Waals surface area (Å²) >= 11 is 0. The average molecular weight is 289 g/mol. The molecule has 1 aliphatic rings. The smallest absolute Gasteiger partial charge is 0.314 e. The normalized spacial score (nSPS) is 17.3. The van der Waals surface area contributed by atoms with Crippen LogP contribution in [0.25, 0.3) is 0 Å². The fourth-order valence-corrected chi connectivity index (χ4v) is 2.86. The number of nitrogens with one attached hydrogen (secondary N) is 1. The Morgan fingerprint density at radius 1 is 1.19 bits per heavy atom. The minimum Gasteiger partial charge on any atom is -0.465 e. The molecule has 0 bridgehead atoms. The van der Waals surface area contributed by atoms with Gasteiger partial charge in [-0.25, -0.2) is 0 Å². The monoisotopic (exact) mass is 289 g/mol. The zero-order valence-corrected chi connectivity index (χ0v) is 13.1. The summed E-state index contributed by atoms with van der Waals surface area (Å²) in [6, 6.07) is 8.14. The molecule has 21 heavy (non-hydrogen) atoms. The van der Waals surface area contributed by atoms with Gasteiger partial charge >= 0.3 is 5.97 Å². The lowest BCUT2D eigenvalue weighted by Crippen LogP contribution is -2.33. The Bertz CT molecular complexity index is 445. The highest BCUT2D eigenvalue weighted by atomic mass is 16.5. The summed E-state index contributed by atoms with van der Waals surface area (Å²) in [4.78, 5) is 12.2. The molecule has 3 heteroatoms. The van der Waals surface area contributed by atoms with Crippen molar-refractivity contribution >= 4 is 5.97 Å². The van der Waals surface area contributed by atoms with E-state index in [4.69, 9.17) is 4.74 Å². The number of benzene rings is 1. The van der Waals surface area contributed by atoms with Crippen molar-refractivity contribution in [1.29, 1.82) is 0 Å². The van der Waals surface area contributed by atoms with Crippen molar-refractivity contribution in [3.63, 3.8) is 0 Å². The zero-order chi connectivity index (χ0) is 14.9. The van der Waals surface area contributed by atoms with Crippen molar-refractivity contribution in [3.05, 3.63) is 35.4 Å². The van der Waals surface area contributed by atoms with Crippen LogP contribution in [0.4, 0.5) is 0 Å². The third-order valence-corrected chi connectivity index (χ3v) is 4.12. The van der Waals surface area contributed by atoms with Crippen LogP contribution in [-0.2, 0) is 16.1 Å². The van der Waals surface area contributed by atoms with Gasteiger partial charge in [-0.05, 0) is 17.5 Å². The lowest BCUT2D eigenvalue weighted by Gasteiger charge is -2.24. The second-order valence-corrected chi connectivity index (χ2v) is 5.82. The number of fused-ring (bicyclic) bond motifs is 1. The molecule has 0 saturated heterocycles. The van der Waals surface area contributed by atoms with Crippen LogP contribution in [0.5, 0.6) is 0 Å². The van der Waals surface area contributed by atoms with Gasteiger partial charge in [0.25, 0.3) is 0 Å². The molecule has 1 aliphatic heterocycles. The van der Waals surface area contributed by atoms with Crippen molar-refractivity contribution in [2.24, 2.45) is 0 Å². The van der Waals surface area contributed by atoms with E-state index in [1.807, 2.05) is 18.2 Å². The number of carbonyl (C=O) groups excluding carboxylic acids is 1. The lowest BCUT2D eigenvalue weighted by atomic mass is 9.91. The SMILES string of the molecule is CCCCCCCCOC(=O)C1CNCc2ccccc21. The van der Waals surface area contributed by atoms with E-state index in [1.165, 1.54) is 31.2 Å². The summed E-state index contributed by atoms with van der Waals surface area (Å²) in [5, 5.41) is 3.30. The molecule has 3 nitrogen and oxygen atoms in total. The first-order chi connectivity index (χ1) is 10.3. The van der Waals surface area contributed by atoms with Crippen molar-refractivity contribution in [2.75, 3.05) is 13.2 Å². The highest BCUT2D eigenvalue weighted by molar-refractivity contribution is 5.79. The van der Waals surface area contributed by atoms with E-state index in [0.717, 1.165) is 24.9 Å². The van der Waals surface area contributed by atoms with E-state index in [1.54, 1.807) is 0 Å². The number of carbonyl (C=O) groups is 1. The molecule has 0 aliphatic carbocycles. The quantitative estimate of drug-likeness (QED) is 0.584. The fourth-order valence-electron chi connectivity index (χ4n) is 2.86. The first kappa shape index (κ1) is 16.0. The molecule has 1 aromatic rings. The Balaban J connectivity index is 1.72. The van der Waals surface area contributed by atoms with Crippen LogP contribution in [0, 0.1) is 0 Å². The number of esters is 1. The maximum atomic E-state index is 12.2. The highest BCUT2D eigenvalue weighted by Crippen LogP contribution is 2.24. The van der Waals surface area contributed by atoms with Crippen LogP contribution in [0.2, 0.25) is 0 Å². The van der Waals surface area contributed by atoms with Gasteiger partial charge in [0.1, 0.15) is 0 Å². The minimum absolute atomic E-state index is 0.0804. The van der Waals surface area contributed by atoms with Crippen LogP contribution in [0.1, 0.15) is 62.5 Å². The standard InChI is InChI=1S/C18H27NO2/c1-2-3-4-5-6-9-12-21-18(20)17-14-19-13-15-10-7-8-11-16(15)17/h7-8,10-11,17,19H,2-6,9,12-14H2,1H3. The third-order valence-electron chi connectivity index (χ3n) is 4.12. The van der Waals surface area contributed by atoms with E-state index in [-0.39, 0.29) is 11.9 Å². The number of hydrogen-bond donors (Lipinski definition) is 1. The van der Waals surface area contributed by atoms with Gasteiger partial charge in [0.05, 0.1) is 12.5 Å². The van der Waals surface area contributed by atoms with E-state index >= 15 is 0 Å². The first-order valence-electron chi connectivity index (χ1n) is 8.28. The maximum absolute atomic E-state index is 12.2.